The number of aliphatic hydroxyl groups is 1. The highest BCUT2D eigenvalue weighted by Crippen LogP contribution is 2.27. The molecule has 0 heterocycles. The summed E-state index contributed by atoms with van der Waals surface area (Å²) < 4.78 is 10.8. The first kappa shape index (κ1) is 37.1. The third-order valence-electron chi connectivity index (χ3n) is 8.20. The standard InChI is InChI=1S/C42H50O5/c1-8-10-11-12-32-13-15-33(16-14-32)17-18-34-21-24-38(25-22-34)39-26-23-35(27-37(39)9-2)19-20-36(28-46-40(43)30(3)4)29-47-41(44)31(5)42(6,7)45/h13-16,21-27,36,45H,3,5,8-12,19-20,28-29H2,1-2,4,6-7H3. The molecule has 0 spiro atoms. The van der Waals surface area contributed by atoms with Crippen LogP contribution in [0.3, 0.4) is 0 Å². The van der Waals surface area contributed by atoms with E-state index in [0.717, 1.165) is 35.1 Å². The van der Waals surface area contributed by atoms with Gasteiger partial charge in [-0.3, -0.25) is 0 Å². The maximum Gasteiger partial charge on any atom is 0.336 e. The van der Waals surface area contributed by atoms with Gasteiger partial charge in [0.1, 0.15) is 0 Å². The van der Waals surface area contributed by atoms with Crippen LogP contribution in [0.5, 0.6) is 0 Å². The predicted molar refractivity (Wildman–Crippen MR) is 191 cm³/mol. The molecule has 3 rings (SSSR count). The minimum atomic E-state index is -1.38. The first-order chi connectivity index (χ1) is 22.4. The van der Waals surface area contributed by atoms with Crippen LogP contribution < -0.4 is 0 Å². The van der Waals surface area contributed by atoms with Gasteiger partial charge in [0.15, 0.2) is 0 Å². The molecule has 1 unspecified atom stereocenters. The number of hydrogen-bond acceptors (Lipinski definition) is 5. The Morgan fingerprint density at radius 1 is 0.809 bits per heavy atom. The average Bonchev–Trinajstić information content (AvgIpc) is 3.06. The Balaban J connectivity index is 1.66. The maximum absolute atomic E-state index is 12.4. The molecule has 248 valence electrons. The molecule has 0 saturated heterocycles. The van der Waals surface area contributed by atoms with Crippen LogP contribution in [-0.2, 0) is 38.3 Å². The lowest BCUT2D eigenvalue weighted by atomic mass is 9.93. The summed E-state index contributed by atoms with van der Waals surface area (Å²) in [5.41, 5.74) is 6.96. The number of aryl methyl sites for hydroxylation is 3. The number of ether oxygens (including phenoxy) is 2. The van der Waals surface area contributed by atoms with E-state index in [1.54, 1.807) is 6.92 Å². The molecule has 47 heavy (non-hydrogen) atoms. The monoisotopic (exact) mass is 634 g/mol. The topological polar surface area (TPSA) is 72.8 Å². The minimum Gasteiger partial charge on any atom is -0.462 e. The van der Waals surface area contributed by atoms with Crippen LogP contribution >= 0.6 is 0 Å². The summed E-state index contributed by atoms with van der Waals surface area (Å²) >= 11 is 0. The van der Waals surface area contributed by atoms with E-state index in [-0.39, 0.29) is 24.7 Å². The maximum atomic E-state index is 12.4. The number of esters is 2. The molecule has 0 bridgehead atoms. The molecule has 0 radical (unpaired) electrons. The normalized spacial score (nSPS) is 11.6. The third kappa shape index (κ3) is 12.0. The number of benzene rings is 3. The summed E-state index contributed by atoms with van der Waals surface area (Å²) in [5.74, 6) is 5.20. The van der Waals surface area contributed by atoms with Crippen LogP contribution in [0.25, 0.3) is 11.1 Å². The Morgan fingerprint density at radius 3 is 1.94 bits per heavy atom. The zero-order chi connectivity index (χ0) is 34.4. The largest absolute Gasteiger partial charge is 0.462 e. The van der Waals surface area contributed by atoms with E-state index in [1.165, 1.54) is 49.8 Å². The fraction of sp³-hybridized carbons (Fsp3) is 0.381. The number of unbranched alkanes of at least 4 members (excludes halogenated alkanes) is 2. The Morgan fingerprint density at radius 2 is 1.38 bits per heavy atom. The molecule has 0 aliphatic rings. The quantitative estimate of drug-likeness (QED) is 0.0740. The second-order valence-corrected chi connectivity index (χ2v) is 12.7. The minimum absolute atomic E-state index is 0.0266. The van der Waals surface area contributed by atoms with E-state index in [4.69, 9.17) is 9.47 Å². The van der Waals surface area contributed by atoms with E-state index >= 15 is 0 Å². The number of carbonyl (C=O) groups excluding carboxylic acids is 2. The van der Waals surface area contributed by atoms with Crippen LogP contribution in [0.1, 0.15) is 88.1 Å². The van der Waals surface area contributed by atoms with Gasteiger partial charge in [-0.25, -0.2) is 9.59 Å². The zero-order valence-electron chi connectivity index (χ0n) is 28.8. The molecule has 0 aliphatic carbocycles. The van der Waals surface area contributed by atoms with Gasteiger partial charge < -0.3 is 14.6 Å². The predicted octanol–water partition coefficient (Wildman–Crippen LogP) is 8.59. The molecule has 1 N–H and O–H groups in total. The van der Waals surface area contributed by atoms with Crippen molar-refractivity contribution in [1.29, 1.82) is 0 Å². The molecule has 3 aromatic rings. The molecule has 0 amide bonds. The van der Waals surface area contributed by atoms with Crippen LogP contribution in [0.15, 0.2) is 91.0 Å². The second-order valence-electron chi connectivity index (χ2n) is 12.7. The van der Waals surface area contributed by atoms with E-state index in [2.05, 4.69) is 106 Å². The Kier molecular flexibility index (Phi) is 14.2. The smallest absolute Gasteiger partial charge is 0.336 e. The first-order valence-corrected chi connectivity index (χ1v) is 16.7. The van der Waals surface area contributed by atoms with Crippen molar-refractivity contribution < 1.29 is 24.2 Å². The first-order valence-electron chi connectivity index (χ1n) is 16.7. The van der Waals surface area contributed by atoms with E-state index in [1.807, 2.05) is 0 Å². The second kappa shape index (κ2) is 18.1. The number of rotatable bonds is 16. The number of hydrogen-bond donors (Lipinski definition) is 1. The van der Waals surface area contributed by atoms with E-state index in [0.29, 0.717) is 18.4 Å². The molecule has 0 saturated carbocycles. The van der Waals surface area contributed by atoms with Crippen molar-refractivity contribution in [3.63, 3.8) is 0 Å². The highest BCUT2D eigenvalue weighted by molar-refractivity contribution is 5.89. The van der Waals surface area contributed by atoms with E-state index in [9.17, 15) is 14.7 Å². The fourth-order valence-corrected chi connectivity index (χ4v) is 5.02. The summed E-state index contributed by atoms with van der Waals surface area (Å²) in [6.07, 6.45) is 7.06. The average molecular weight is 635 g/mol. The van der Waals surface area contributed by atoms with Gasteiger partial charge in [-0.05, 0) is 105 Å². The van der Waals surface area contributed by atoms with Gasteiger partial charge in [0.2, 0.25) is 0 Å². The molecular formula is C42H50O5. The molecular weight excluding hydrogens is 584 g/mol. The van der Waals surface area contributed by atoms with Crippen LogP contribution in [0, 0.1) is 17.8 Å². The van der Waals surface area contributed by atoms with Crippen molar-refractivity contribution in [2.24, 2.45) is 5.92 Å². The van der Waals surface area contributed by atoms with Gasteiger partial charge in [0, 0.05) is 22.6 Å². The summed E-state index contributed by atoms with van der Waals surface area (Å²) in [5, 5.41) is 10.1. The van der Waals surface area contributed by atoms with Crippen LogP contribution in [-0.4, -0.2) is 35.9 Å². The van der Waals surface area contributed by atoms with Crippen molar-refractivity contribution >= 4 is 11.9 Å². The van der Waals surface area contributed by atoms with Crippen LogP contribution in [0.4, 0.5) is 0 Å². The van der Waals surface area contributed by atoms with Crippen molar-refractivity contribution in [1.82, 2.24) is 0 Å². The van der Waals surface area contributed by atoms with Gasteiger partial charge in [0.25, 0.3) is 0 Å². The highest BCUT2D eigenvalue weighted by Gasteiger charge is 2.26. The van der Waals surface area contributed by atoms with Gasteiger partial charge in [-0.2, -0.15) is 0 Å². The van der Waals surface area contributed by atoms with Crippen molar-refractivity contribution in [3.8, 4) is 23.0 Å². The molecule has 0 aliphatic heterocycles. The van der Waals surface area contributed by atoms with Gasteiger partial charge >= 0.3 is 11.9 Å². The van der Waals surface area contributed by atoms with Crippen molar-refractivity contribution in [2.75, 3.05) is 13.2 Å². The van der Waals surface area contributed by atoms with Crippen molar-refractivity contribution in [3.05, 3.63) is 119 Å². The third-order valence-corrected chi connectivity index (χ3v) is 8.20. The van der Waals surface area contributed by atoms with Gasteiger partial charge in [-0.15, -0.1) is 0 Å². The fourth-order valence-electron chi connectivity index (χ4n) is 5.02. The Hall–Kier alpha value is -4.40. The lowest BCUT2D eigenvalue weighted by molar-refractivity contribution is -0.145. The summed E-state index contributed by atoms with van der Waals surface area (Å²) in [6.45, 7) is 16.3. The summed E-state index contributed by atoms with van der Waals surface area (Å²) in [4.78, 5) is 24.5. The Labute approximate surface area is 281 Å². The molecule has 0 aromatic heterocycles. The molecule has 5 nitrogen and oxygen atoms in total. The lowest BCUT2D eigenvalue weighted by Crippen LogP contribution is -2.30. The number of carbonyl (C=O) groups is 2. The lowest BCUT2D eigenvalue weighted by Gasteiger charge is -2.21. The summed E-state index contributed by atoms with van der Waals surface area (Å²) in [7, 11) is 0. The van der Waals surface area contributed by atoms with Crippen LogP contribution in [0.2, 0.25) is 0 Å². The van der Waals surface area contributed by atoms with Gasteiger partial charge in [-0.1, -0.05) is 94.2 Å². The van der Waals surface area contributed by atoms with Gasteiger partial charge in [0.05, 0.1) is 24.4 Å². The molecule has 1 atom stereocenters. The SMILES string of the molecule is C=C(C)C(=O)OCC(CCc1ccc(-c2ccc(C#Cc3ccc(CCCCC)cc3)cc2)c(CC)c1)COC(=O)C(=C)C(C)(C)O. The molecule has 3 aromatic carbocycles. The zero-order valence-corrected chi connectivity index (χ0v) is 28.8. The van der Waals surface area contributed by atoms with Crippen molar-refractivity contribution in [2.45, 2.75) is 85.2 Å². The van der Waals surface area contributed by atoms with E-state index < -0.39 is 17.5 Å². The Bertz CT molecular complexity index is 1580. The summed E-state index contributed by atoms with van der Waals surface area (Å²) in [6, 6.07) is 23.5. The highest BCUT2D eigenvalue weighted by atomic mass is 16.5. The molecule has 0 fully saturated rings. The molecule has 5 heteroatoms.